The van der Waals surface area contributed by atoms with Crippen molar-refractivity contribution in [2.75, 3.05) is 13.7 Å². The summed E-state index contributed by atoms with van der Waals surface area (Å²) in [4.78, 5) is 12.0. The number of hydrazone groups is 1. The predicted octanol–water partition coefficient (Wildman–Crippen LogP) is 4.90. The summed E-state index contributed by atoms with van der Waals surface area (Å²) in [6.07, 6.45) is 1.62. The smallest absolute Gasteiger partial charge is 0.277 e. The van der Waals surface area contributed by atoms with Crippen LogP contribution in [0.3, 0.4) is 0 Å². The number of nitrogens with zero attached hydrogens (tertiary/aromatic N) is 1. The molecule has 1 N–H and O–H groups in total. The normalized spacial score (nSPS) is 11.5. The van der Waals surface area contributed by atoms with Gasteiger partial charge in [-0.05, 0) is 81.7 Å². The number of nitrogens with one attached hydrogen (secondary N) is 1. The van der Waals surface area contributed by atoms with E-state index in [4.69, 9.17) is 9.47 Å². The Morgan fingerprint density at radius 2 is 1.82 bits per heavy atom. The van der Waals surface area contributed by atoms with Gasteiger partial charge >= 0.3 is 0 Å². The average Bonchev–Trinajstić information content (AvgIpc) is 2.63. The molecule has 0 spiro atoms. The molecule has 1 amide bonds. The number of hydrogen-bond acceptors (Lipinski definition) is 4. The minimum atomic E-state index is -0.328. The SMILES string of the molecule is COc1ccc(C=NNC(=O)COc2ccc(C(C)(C)C)cc2Br)c(C)c1C. The lowest BCUT2D eigenvalue weighted by Gasteiger charge is -2.20. The Labute approximate surface area is 175 Å². The second-order valence-corrected chi connectivity index (χ2v) is 8.44. The van der Waals surface area contributed by atoms with Gasteiger partial charge in [0.25, 0.3) is 5.91 Å². The summed E-state index contributed by atoms with van der Waals surface area (Å²) < 4.78 is 11.7. The number of halogens is 1. The molecule has 0 saturated carbocycles. The van der Waals surface area contributed by atoms with Gasteiger partial charge in [-0.25, -0.2) is 5.43 Å². The lowest BCUT2D eigenvalue weighted by Crippen LogP contribution is -2.24. The Balaban J connectivity index is 1.93. The first-order valence-corrected chi connectivity index (χ1v) is 9.81. The molecule has 150 valence electrons. The summed E-state index contributed by atoms with van der Waals surface area (Å²) in [5.41, 5.74) is 6.74. The Kier molecular flexibility index (Phi) is 7.24. The number of carbonyl (C=O) groups is 1. The predicted molar refractivity (Wildman–Crippen MR) is 117 cm³/mol. The van der Waals surface area contributed by atoms with Crippen LogP contribution in [0.1, 0.15) is 43.0 Å². The minimum absolute atomic E-state index is 0.0467. The molecule has 6 heteroatoms. The summed E-state index contributed by atoms with van der Waals surface area (Å²) in [6.45, 7) is 10.3. The summed E-state index contributed by atoms with van der Waals surface area (Å²) >= 11 is 3.50. The number of rotatable bonds is 6. The molecule has 0 aromatic heterocycles. The van der Waals surface area contributed by atoms with Crippen LogP contribution in [0.5, 0.6) is 11.5 Å². The monoisotopic (exact) mass is 446 g/mol. The molecule has 2 aromatic rings. The molecule has 0 atom stereocenters. The highest BCUT2D eigenvalue weighted by atomic mass is 79.9. The van der Waals surface area contributed by atoms with Crippen LogP contribution < -0.4 is 14.9 Å². The van der Waals surface area contributed by atoms with Crippen molar-refractivity contribution in [2.45, 2.75) is 40.0 Å². The molecule has 2 aromatic carbocycles. The van der Waals surface area contributed by atoms with E-state index in [0.717, 1.165) is 26.9 Å². The third kappa shape index (κ3) is 5.58. The number of benzene rings is 2. The van der Waals surface area contributed by atoms with Gasteiger partial charge in [0.2, 0.25) is 0 Å². The van der Waals surface area contributed by atoms with E-state index in [1.807, 2.05) is 44.2 Å². The Bertz CT molecular complexity index is 886. The maximum atomic E-state index is 12.0. The van der Waals surface area contributed by atoms with E-state index < -0.39 is 0 Å². The zero-order chi connectivity index (χ0) is 20.9. The fourth-order valence-corrected chi connectivity index (χ4v) is 3.10. The molecule has 2 rings (SSSR count). The molecule has 0 unspecified atom stereocenters. The third-order valence-corrected chi connectivity index (χ3v) is 5.17. The molecule has 0 saturated heterocycles. The molecule has 0 heterocycles. The Morgan fingerprint density at radius 1 is 1.14 bits per heavy atom. The van der Waals surface area contributed by atoms with Gasteiger partial charge in [0.1, 0.15) is 11.5 Å². The third-order valence-electron chi connectivity index (χ3n) is 4.55. The van der Waals surface area contributed by atoms with Crippen LogP contribution in [0.25, 0.3) is 0 Å². The maximum Gasteiger partial charge on any atom is 0.277 e. The van der Waals surface area contributed by atoms with E-state index in [2.05, 4.69) is 47.2 Å². The second-order valence-electron chi connectivity index (χ2n) is 7.58. The van der Waals surface area contributed by atoms with E-state index in [1.54, 1.807) is 13.3 Å². The summed E-state index contributed by atoms with van der Waals surface area (Å²) in [6, 6.07) is 9.67. The standard InChI is InChI=1S/C22H27BrN2O3/c1-14-15(2)19(27-6)9-7-16(14)12-24-25-21(26)13-28-20-10-8-17(11-18(20)23)22(3,4)5/h7-12H,13H2,1-6H3,(H,25,26). The van der Waals surface area contributed by atoms with Gasteiger partial charge in [0, 0.05) is 0 Å². The molecule has 0 aliphatic carbocycles. The average molecular weight is 447 g/mol. The zero-order valence-corrected chi connectivity index (χ0v) is 18.8. The van der Waals surface area contributed by atoms with Crippen LogP contribution in [-0.4, -0.2) is 25.8 Å². The quantitative estimate of drug-likeness (QED) is 0.506. The first-order chi connectivity index (χ1) is 13.1. The van der Waals surface area contributed by atoms with Gasteiger partial charge in [-0.15, -0.1) is 0 Å². The highest BCUT2D eigenvalue weighted by Gasteiger charge is 2.15. The first kappa shape index (κ1) is 22.0. The molecule has 5 nitrogen and oxygen atoms in total. The maximum absolute atomic E-state index is 12.0. The van der Waals surface area contributed by atoms with Gasteiger partial charge in [0.15, 0.2) is 6.61 Å². The zero-order valence-electron chi connectivity index (χ0n) is 17.2. The number of ether oxygens (including phenoxy) is 2. The van der Waals surface area contributed by atoms with E-state index >= 15 is 0 Å². The fourth-order valence-electron chi connectivity index (χ4n) is 2.61. The molecule has 0 aliphatic heterocycles. The minimum Gasteiger partial charge on any atom is -0.496 e. The first-order valence-electron chi connectivity index (χ1n) is 9.02. The number of methoxy groups -OCH3 is 1. The lowest BCUT2D eigenvalue weighted by molar-refractivity contribution is -0.123. The van der Waals surface area contributed by atoms with Crippen molar-refractivity contribution in [1.29, 1.82) is 0 Å². The number of amides is 1. The summed E-state index contributed by atoms with van der Waals surface area (Å²) in [5, 5.41) is 4.02. The van der Waals surface area contributed by atoms with Crippen LogP contribution in [0.2, 0.25) is 0 Å². The largest absolute Gasteiger partial charge is 0.496 e. The van der Waals surface area contributed by atoms with Crippen molar-refractivity contribution in [3.63, 3.8) is 0 Å². The van der Waals surface area contributed by atoms with Gasteiger partial charge in [0.05, 0.1) is 17.8 Å². The molecule has 28 heavy (non-hydrogen) atoms. The van der Waals surface area contributed by atoms with Crippen molar-refractivity contribution in [3.05, 3.63) is 57.1 Å². The molecule has 0 fully saturated rings. The van der Waals surface area contributed by atoms with E-state index in [1.165, 1.54) is 5.56 Å². The van der Waals surface area contributed by atoms with Crippen LogP contribution in [0.4, 0.5) is 0 Å². The van der Waals surface area contributed by atoms with Crippen LogP contribution in [-0.2, 0) is 10.2 Å². The molecule has 0 aliphatic rings. The second kappa shape index (κ2) is 9.24. The van der Waals surface area contributed by atoms with Gasteiger partial charge in [-0.1, -0.05) is 26.8 Å². The van der Waals surface area contributed by atoms with Crippen molar-refractivity contribution >= 4 is 28.1 Å². The number of hydrogen-bond donors (Lipinski definition) is 1. The van der Waals surface area contributed by atoms with Crippen molar-refractivity contribution < 1.29 is 14.3 Å². The number of carbonyl (C=O) groups excluding carboxylic acids is 1. The summed E-state index contributed by atoms with van der Waals surface area (Å²) in [7, 11) is 1.64. The van der Waals surface area contributed by atoms with Crippen LogP contribution in [0.15, 0.2) is 39.9 Å². The molecule has 0 radical (unpaired) electrons. The lowest BCUT2D eigenvalue weighted by atomic mass is 9.87. The van der Waals surface area contributed by atoms with Crippen molar-refractivity contribution in [3.8, 4) is 11.5 Å². The summed E-state index contributed by atoms with van der Waals surface area (Å²) in [5.74, 6) is 1.12. The van der Waals surface area contributed by atoms with Gasteiger partial charge < -0.3 is 9.47 Å². The van der Waals surface area contributed by atoms with Crippen LogP contribution >= 0.6 is 15.9 Å². The van der Waals surface area contributed by atoms with E-state index in [-0.39, 0.29) is 17.9 Å². The van der Waals surface area contributed by atoms with Crippen molar-refractivity contribution in [1.82, 2.24) is 5.43 Å². The molecule has 0 bridgehead atoms. The van der Waals surface area contributed by atoms with Crippen molar-refractivity contribution in [2.24, 2.45) is 5.10 Å². The van der Waals surface area contributed by atoms with Gasteiger partial charge in [-0.3, -0.25) is 4.79 Å². The highest BCUT2D eigenvalue weighted by Crippen LogP contribution is 2.31. The van der Waals surface area contributed by atoms with E-state index in [9.17, 15) is 4.79 Å². The van der Waals surface area contributed by atoms with Crippen LogP contribution in [0, 0.1) is 13.8 Å². The fraction of sp³-hybridized carbons (Fsp3) is 0.364. The molecular weight excluding hydrogens is 420 g/mol. The van der Waals surface area contributed by atoms with Gasteiger partial charge in [-0.2, -0.15) is 5.10 Å². The Hall–Kier alpha value is -2.34. The molecular formula is C22H27BrN2O3. The highest BCUT2D eigenvalue weighted by molar-refractivity contribution is 9.10. The Morgan fingerprint density at radius 3 is 2.43 bits per heavy atom. The topological polar surface area (TPSA) is 59.9 Å². The van der Waals surface area contributed by atoms with E-state index in [0.29, 0.717) is 5.75 Å².